The predicted octanol–water partition coefficient (Wildman–Crippen LogP) is 3.32. The Bertz CT molecular complexity index is 1750. The molecular formula is C32H26O9. The number of esters is 1. The molecule has 7 rings (SSSR count). The lowest BCUT2D eigenvalue weighted by Crippen LogP contribution is -2.52. The maximum Gasteiger partial charge on any atom is 0.342 e. The first-order chi connectivity index (χ1) is 19.6. The number of hydrogen-bond donors (Lipinski definition) is 3. The second-order valence-corrected chi connectivity index (χ2v) is 11.1. The van der Waals surface area contributed by atoms with Gasteiger partial charge in [-0.2, -0.15) is 0 Å². The Kier molecular flexibility index (Phi) is 5.30. The summed E-state index contributed by atoms with van der Waals surface area (Å²) >= 11 is 0. The van der Waals surface area contributed by atoms with Crippen molar-refractivity contribution < 1.29 is 43.9 Å². The van der Waals surface area contributed by atoms with E-state index in [0.29, 0.717) is 11.1 Å². The first kappa shape index (κ1) is 25.5. The number of phenolic OH excluding ortho intramolecular Hbond substituents is 1. The van der Waals surface area contributed by atoms with E-state index in [9.17, 15) is 29.7 Å². The number of aryl methyl sites for hydroxylation is 1. The molecular weight excluding hydrogens is 528 g/mol. The van der Waals surface area contributed by atoms with E-state index in [1.807, 2.05) is 6.92 Å². The molecule has 3 aromatic carbocycles. The van der Waals surface area contributed by atoms with Gasteiger partial charge in [0, 0.05) is 17.0 Å². The highest BCUT2D eigenvalue weighted by molar-refractivity contribution is 6.31. The van der Waals surface area contributed by atoms with Crippen molar-refractivity contribution in [2.75, 3.05) is 14.2 Å². The molecule has 9 nitrogen and oxygen atoms in total. The number of allylic oxidation sites excluding steroid dienone is 1. The van der Waals surface area contributed by atoms with Crippen LogP contribution in [0, 0.1) is 12.3 Å². The summed E-state index contributed by atoms with van der Waals surface area (Å²) in [5.74, 6) is -2.44. The smallest absolute Gasteiger partial charge is 0.342 e. The van der Waals surface area contributed by atoms with Crippen molar-refractivity contribution >= 4 is 17.5 Å². The highest BCUT2D eigenvalue weighted by atomic mass is 16.6. The third kappa shape index (κ3) is 3.10. The number of aliphatic hydroxyl groups is 2. The quantitative estimate of drug-likeness (QED) is 0.251. The van der Waals surface area contributed by atoms with E-state index in [1.54, 1.807) is 36.4 Å². The number of carbonyl (C=O) groups is 3. The van der Waals surface area contributed by atoms with Crippen LogP contribution in [0.4, 0.5) is 0 Å². The maximum atomic E-state index is 14.1. The van der Waals surface area contributed by atoms with Crippen LogP contribution in [0.15, 0.2) is 48.6 Å². The standard InChI is InChI=1S/C32H26O9/c1-13-9-16-24(21(10-13)40-3)31(38)41-30-18(33)8-7-17-22-14(12-32(17,30)29(16)37)11-19(34)25-26(22)27(35)15-5-4-6-20(39-2)23(15)28(25)36/h4-11,17-18,29-30,33-34,37H,12H2,1-3H3/t17-,18-,29+,30-,32+/m1/s1. The topological polar surface area (TPSA) is 140 Å². The molecule has 0 fully saturated rings. The predicted molar refractivity (Wildman–Crippen MR) is 144 cm³/mol. The summed E-state index contributed by atoms with van der Waals surface area (Å²) < 4.78 is 16.8. The van der Waals surface area contributed by atoms with Gasteiger partial charge in [0.05, 0.1) is 36.9 Å². The lowest BCUT2D eigenvalue weighted by molar-refractivity contribution is -0.119. The highest BCUT2D eigenvalue weighted by Crippen LogP contribution is 2.63. The largest absolute Gasteiger partial charge is 0.507 e. The van der Waals surface area contributed by atoms with Gasteiger partial charge in [-0.3, -0.25) is 9.59 Å². The number of carbonyl (C=O) groups excluding carboxylic acids is 3. The molecule has 0 saturated carbocycles. The van der Waals surface area contributed by atoms with Gasteiger partial charge in [-0.15, -0.1) is 0 Å². The van der Waals surface area contributed by atoms with Gasteiger partial charge >= 0.3 is 5.97 Å². The van der Waals surface area contributed by atoms with Crippen molar-refractivity contribution in [1.29, 1.82) is 0 Å². The van der Waals surface area contributed by atoms with Crippen molar-refractivity contribution in [2.45, 2.75) is 37.6 Å². The average Bonchev–Trinajstić information content (AvgIpc) is 3.25. The summed E-state index contributed by atoms with van der Waals surface area (Å²) in [6, 6.07) is 9.52. The molecule has 3 aromatic rings. The van der Waals surface area contributed by atoms with Crippen LogP contribution in [-0.2, 0) is 11.2 Å². The minimum absolute atomic E-state index is 0.0391. The van der Waals surface area contributed by atoms with E-state index in [1.165, 1.54) is 26.4 Å². The number of ketones is 2. The molecule has 1 spiro atoms. The van der Waals surface area contributed by atoms with E-state index < -0.39 is 47.2 Å². The molecule has 208 valence electrons. The Morgan fingerprint density at radius 3 is 2.39 bits per heavy atom. The van der Waals surface area contributed by atoms with E-state index in [-0.39, 0.29) is 57.1 Å². The third-order valence-corrected chi connectivity index (χ3v) is 9.07. The van der Waals surface area contributed by atoms with Crippen LogP contribution in [0.5, 0.6) is 17.2 Å². The number of rotatable bonds is 2. The number of aliphatic hydroxyl groups excluding tert-OH is 2. The van der Waals surface area contributed by atoms with Crippen molar-refractivity contribution in [3.8, 4) is 17.2 Å². The number of benzene rings is 3. The molecule has 4 aliphatic rings. The minimum Gasteiger partial charge on any atom is -0.507 e. The lowest BCUT2D eigenvalue weighted by Gasteiger charge is -2.46. The summed E-state index contributed by atoms with van der Waals surface area (Å²) in [5, 5.41) is 34.5. The lowest BCUT2D eigenvalue weighted by atomic mass is 9.61. The van der Waals surface area contributed by atoms with Gasteiger partial charge in [0.2, 0.25) is 5.78 Å². The fraction of sp³-hybridized carbons (Fsp3) is 0.281. The Morgan fingerprint density at radius 2 is 1.66 bits per heavy atom. The Balaban J connectivity index is 1.50. The number of ether oxygens (including phenoxy) is 3. The molecule has 3 aliphatic carbocycles. The zero-order chi connectivity index (χ0) is 29.0. The molecule has 41 heavy (non-hydrogen) atoms. The van der Waals surface area contributed by atoms with Gasteiger partial charge in [-0.25, -0.2) is 4.79 Å². The number of hydrogen-bond acceptors (Lipinski definition) is 9. The summed E-state index contributed by atoms with van der Waals surface area (Å²) in [6.45, 7) is 1.81. The SMILES string of the molecule is COc1cccc2c1C(=O)c1c(O)cc3c(c1C2=O)[C@H]1C=C[C@@H](O)[C@H]2OC(=O)c4c(OC)cc(C)cc4[C@H](O)[C@]12C3. The van der Waals surface area contributed by atoms with Crippen LogP contribution in [-0.4, -0.2) is 59.3 Å². The van der Waals surface area contributed by atoms with Gasteiger partial charge in [-0.1, -0.05) is 30.4 Å². The van der Waals surface area contributed by atoms with Crippen molar-refractivity contribution in [3.63, 3.8) is 0 Å². The minimum atomic E-state index is -1.35. The Hall–Kier alpha value is -4.47. The molecule has 0 unspecified atom stereocenters. The molecule has 3 N–H and O–H groups in total. The van der Waals surface area contributed by atoms with E-state index >= 15 is 0 Å². The second kappa shape index (κ2) is 8.52. The zero-order valence-corrected chi connectivity index (χ0v) is 22.4. The number of methoxy groups -OCH3 is 2. The molecule has 9 heteroatoms. The van der Waals surface area contributed by atoms with E-state index in [2.05, 4.69) is 0 Å². The van der Waals surface area contributed by atoms with Crippen LogP contribution >= 0.6 is 0 Å². The molecule has 1 heterocycles. The highest BCUT2D eigenvalue weighted by Gasteiger charge is 2.63. The summed E-state index contributed by atoms with van der Waals surface area (Å²) in [5.41, 5.74) is 0.816. The molecule has 0 bridgehead atoms. The van der Waals surface area contributed by atoms with Gasteiger partial charge < -0.3 is 29.5 Å². The fourth-order valence-corrected chi connectivity index (χ4v) is 7.44. The molecule has 5 atom stereocenters. The number of phenols is 1. The van der Waals surface area contributed by atoms with Gasteiger partial charge in [0.25, 0.3) is 0 Å². The van der Waals surface area contributed by atoms with Gasteiger partial charge in [0.1, 0.15) is 35.0 Å². The van der Waals surface area contributed by atoms with Crippen molar-refractivity contribution in [2.24, 2.45) is 5.41 Å². The fourth-order valence-electron chi connectivity index (χ4n) is 7.44. The van der Waals surface area contributed by atoms with Crippen molar-refractivity contribution in [3.05, 3.63) is 98.6 Å². The molecule has 0 radical (unpaired) electrons. The molecule has 0 saturated heterocycles. The molecule has 0 amide bonds. The van der Waals surface area contributed by atoms with Crippen LogP contribution in [0.2, 0.25) is 0 Å². The van der Waals surface area contributed by atoms with Crippen LogP contribution in [0.3, 0.4) is 0 Å². The van der Waals surface area contributed by atoms with Crippen LogP contribution in [0.25, 0.3) is 0 Å². The molecule has 1 aliphatic heterocycles. The monoisotopic (exact) mass is 554 g/mol. The second-order valence-electron chi connectivity index (χ2n) is 11.1. The summed E-state index contributed by atoms with van der Waals surface area (Å²) in [4.78, 5) is 41.4. The van der Waals surface area contributed by atoms with Crippen molar-refractivity contribution in [1.82, 2.24) is 0 Å². The maximum absolute atomic E-state index is 14.1. The zero-order valence-electron chi connectivity index (χ0n) is 22.4. The Labute approximate surface area is 234 Å². The molecule has 0 aromatic heterocycles. The van der Waals surface area contributed by atoms with Gasteiger partial charge in [0.15, 0.2) is 5.78 Å². The number of fused-ring (bicyclic) bond motifs is 6. The third-order valence-electron chi connectivity index (χ3n) is 9.07. The van der Waals surface area contributed by atoms with Gasteiger partial charge in [-0.05, 0) is 53.8 Å². The summed E-state index contributed by atoms with van der Waals surface area (Å²) in [6.07, 6.45) is -0.586. The van der Waals surface area contributed by atoms with Crippen LogP contribution in [0.1, 0.15) is 76.5 Å². The normalized spacial score (nSPS) is 27.0. The average molecular weight is 555 g/mol. The van der Waals surface area contributed by atoms with E-state index in [4.69, 9.17) is 14.2 Å². The summed E-state index contributed by atoms with van der Waals surface area (Å²) in [7, 11) is 2.82. The number of aromatic hydroxyl groups is 1. The Morgan fingerprint density at radius 1 is 0.902 bits per heavy atom. The van der Waals surface area contributed by atoms with E-state index in [0.717, 1.165) is 5.56 Å². The van der Waals surface area contributed by atoms with Crippen LogP contribution < -0.4 is 9.47 Å². The first-order valence-electron chi connectivity index (χ1n) is 13.2. The first-order valence-corrected chi connectivity index (χ1v) is 13.2.